The Morgan fingerprint density at radius 2 is 2.09 bits per heavy atom. The van der Waals surface area contributed by atoms with Crippen molar-refractivity contribution in [3.63, 3.8) is 0 Å². The Bertz CT molecular complexity index is 1110. The number of nitrogens with zero attached hydrogens (tertiary/aromatic N) is 4. The zero-order valence-electron chi connectivity index (χ0n) is 17.8. The van der Waals surface area contributed by atoms with Crippen LogP contribution < -0.4 is 24.2 Å². The number of nitrogens with one attached hydrogen (secondary N) is 2. The maximum atomic E-state index is 13.1. The molecule has 11 heteroatoms. The number of nitrogens with two attached hydrogens (primary N) is 1. The van der Waals surface area contributed by atoms with E-state index in [0.29, 0.717) is 37.0 Å². The van der Waals surface area contributed by atoms with E-state index in [1.807, 2.05) is 30.3 Å². The largest absolute Gasteiger partial charge is 0.492 e. The fraction of sp³-hybridized carbons (Fsp3) is 0.273. The fourth-order valence-electron chi connectivity index (χ4n) is 3.40. The molecule has 1 fully saturated rings. The molecule has 172 valence electrons. The summed E-state index contributed by atoms with van der Waals surface area (Å²) in [7, 11) is 0. The van der Waals surface area contributed by atoms with Crippen LogP contribution in [0.4, 0.5) is 17.2 Å². The van der Waals surface area contributed by atoms with Crippen LogP contribution >= 0.6 is 22.9 Å². The molecule has 0 aliphatic carbocycles. The molecule has 4 rings (SSSR count). The summed E-state index contributed by atoms with van der Waals surface area (Å²) in [6, 6.07) is 9.33. The summed E-state index contributed by atoms with van der Waals surface area (Å²) in [5, 5.41) is 2.89. The first-order valence-corrected chi connectivity index (χ1v) is 11.5. The summed E-state index contributed by atoms with van der Waals surface area (Å²) < 4.78 is 14.2. The molecule has 0 radical (unpaired) electrons. The van der Waals surface area contributed by atoms with Gasteiger partial charge in [-0.15, -0.1) is 0 Å². The number of carbonyl (C=O) groups is 1. The van der Waals surface area contributed by atoms with Gasteiger partial charge in [-0.1, -0.05) is 12.1 Å². The SMILES string of the molecule is Nc1ncc(-c2cccc(OCCNI)c2)nc1C(=O)Nc1cnccc1N1CCOCC1. The van der Waals surface area contributed by atoms with Crippen LogP contribution in [0.3, 0.4) is 0 Å². The minimum atomic E-state index is -0.454. The van der Waals surface area contributed by atoms with Crippen LogP contribution in [-0.4, -0.2) is 60.3 Å². The Hall–Kier alpha value is -3.03. The van der Waals surface area contributed by atoms with Crippen molar-refractivity contribution in [2.45, 2.75) is 0 Å². The summed E-state index contributed by atoms with van der Waals surface area (Å²) in [6.07, 6.45) is 4.85. The normalized spacial score (nSPS) is 13.5. The first-order chi connectivity index (χ1) is 16.2. The molecule has 1 aliphatic rings. The molecule has 10 nitrogen and oxygen atoms in total. The summed E-state index contributed by atoms with van der Waals surface area (Å²) in [5.74, 6) is 0.299. The Labute approximate surface area is 205 Å². The quantitative estimate of drug-likeness (QED) is 0.216. The third kappa shape index (κ3) is 5.86. The monoisotopic (exact) mass is 561 g/mol. The predicted octanol–water partition coefficient (Wildman–Crippen LogP) is 2.53. The number of benzene rings is 1. The highest BCUT2D eigenvalue weighted by molar-refractivity contribution is 14.1. The Morgan fingerprint density at radius 1 is 1.24 bits per heavy atom. The van der Waals surface area contributed by atoms with Gasteiger partial charge in [-0.2, -0.15) is 0 Å². The van der Waals surface area contributed by atoms with E-state index in [9.17, 15) is 4.79 Å². The van der Waals surface area contributed by atoms with Gasteiger partial charge in [0.15, 0.2) is 11.5 Å². The Kier molecular flexibility index (Phi) is 7.86. The Balaban J connectivity index is 1.55. The smallest absolute Gasteiger partial charge is 0.278 e. The van der Waals surface area contributed by atoms with Crippen molar-refractivity contribution >= 4 is 46.0 Å². The summed E-state index contributed by atoms with van der Waals surface area (Å²) in [4.78, 5) is 28.1. The van der Waals surface area contributed by atoms with Gasteiger partial charge in [-0.3, -0.25) is 13.3 Å². The van der Waals surface area contributed by atoms with Crippen molar-refractivity contribution in [2.75, 3.05) is 55.4 Å². The number of pyridine rings is 1. The highest BCUT2D eigenvalue weighted by atomic mass is 127. The molecule has 0 unspecified atom stereocenters. The van der Waals surface area contributed by atoms with Crippen LogP contribution in [0.5, 0.6) is 5.75 Å². The summed E-state index contributed by atoms with van der Waals surface area (Å²) in [5.41, 5.74) is 8.79. The van der Waals surface area contributed by atoms with Gasteiger partial charge < -0.3 is 25.4 Å². The number of aromatic nitrogens is 3. The zero-order chi connectivity index (χ0) is 23.0. The van der Waals surface area contributed by atoms with Gasteiger partial charge in [0.2, 0.25) is 0 Å². The van der Waals surface area contributed by atoms with Gasteiger partial charge in [0.05, 0.1) is 42.7 Å². The van der Waals surface area contributed by atoms with Gasteiger partial charge in [0.25, 0.3) is 5.91 Å². The number of rotatable bonds is 8. The topological polar surface area (TPSA) is 128 Å². The average molecular weight is 561 g/mol. The van der Waals surface area contributed by atoms with E-state index >= 15 is 0 Å². The lowest BCUT2D eigenvalue weighted by atomic mass is 10.1. The molecule has 3 aromatic rings. The lowest BCUT2D eigenvalue weighted by Crippen LogP contribution is -2.36. The van der Waals surface area contributed by atoms with Crippen molar-refractivity contribution in [1.29, 1.82) is 0 Å². The van der Waals surface area contributed by atoms with Crippen molar-refractivity contribution in [1.82, 2.24) is 18.5 Å². The minimum Gasteiger partial charge on any atom is -0.492 e. The number of halogens is 1. The lowest BCUT2D eigenvalue weighted by molar-refractivity contribution is 0.102. The molecule has 0 saturated carbocycles. The van der Waals surface area contributed by atoms with E-state index in [1.54, 1.807) is 18.6 Å². The minimum absolute atomic E-state index is 0.0460. The highest BCUT2D eigenvalue weighted by Gasteiger charge is 2.20. The number of morpholine rings is 1. The number of hydrogen-bond donors (Lipinski definition) is 3. The van der Waals surface area contributed by atoms with Crippen LogP contribution in [-0.2, 0) is 4.74 Å². The molecular formula is C22H24IN7O3. The van der Waals surface area contributed by atoms with E-state index in [2.05, 4.69) is 51.6 Å². The van der Waals surface area contributed by atoms with Gasteiger partial charge in [0.1, 0.15) is 12.4 Å². The van der Waals surface area contributed by atoms with Crippen molar-refractivity contribution < 1.29 is 14.3 Å². The second-order valence-corrected chi connectivity index (χ2v) is 7.96. The first kappa shape index (κ1) is 23.1. The maximum absolute atomic E-state index is 13.1. The van der Waals surface area contributed by atoms with E-state index in [-0.39, 0.29) is 11.5 Å². The number of anilines is 3. The van der Waals surface area contributed by atoms with Crippen LogP contribution in [0, 0.1) is 0 Å². The van der Waals surface area contributed by atoms with Gasteiger partial charge in [0, 0.05) is 54.3 Å². The Morgan fingerprint density at radius 3 is 2.91 bits per heavy atom. The number of hydrogen-bond acceptors (Lipinski definition) is 9. The standard InChI is InChI=1S/C22H24IN7O3/c23-27-6-9-33-16-3-1-2-15(12-16)17-14-26-21(24)20(28-17)22(31)29-18-13-25-5-4-19(18)30-7-10-32-11-8-30/h1-5,12-14,27H,6-11H2,(H2,24,26)(H,29,31). The lowest BCUT2D eigenvalue weighted by Gasteiger charge is -2.30. The van der Waals surface area contributed by atoms with Crippen molar-refractivity contribution in [3.05, 3.63) is 54.6 Å². The van der Waals surface area contributed by atoms with E-state index in [0.717, 1.165) is 30.9 Å². The van der Waals surface area contributed by atoms with Crippen LogP contribution in [0.15, 0.2) is 48.9 Å². The van der Waals surface area contributed by atoms with Gasteiger partial charge in [-0.05, 0) is 18.2 Å². The van der Waals surface area contributed by atoms with Gasteiger partial charge >= 0.3 is 0 Å². The fourth-order valence-corrected chi connectivity index (χ4v) is 3.62. The zero-order valence-corrected chi connectivity index (χ0v) is 20.0. The van der Waals surface area contributed by atoms with E-state index in [1.165, 1.54) is 0 Å². The predicted molar refractivity (Wildman–Crippen MR) is 135 cm³/mol. The highest BCUT2D eigenvalue weighted by Crippen LogP contribution is 2.27. The maximum Gasteiger partial charge on any atom is 0.278 e. The summed E-state index contributed by atoms with van der Waals surface area (Å²) >= 11 is 2.07. The van der Waals surface area contributed by atoms with E-state index < -0.39 is 5.91 Å². The van der Waals surface area contributed by atoms with E-state index in [4.69, 9.17) is 15.2 Å². The molecule has 3 heterocycles. The average Bonchev–Trinajstić information content (AvgIpc) is 2.85. The third-order valence-corrected chi connectivity index (χ3v) is 5.55. The molecular weight excluding hydrogens is 537 g/mol. The van der Waals surface area contributed by atoms with Crippen molar-refractivity contribution in [3.8, 4) is 17.0 Å². The van der Waals surface area contributed by atoms with Gasteiger partial charge in [-0.25, -0.2) is 9.97 Å². The molecule has 2 aromatic heterocycles. The third-order valence-electron chi connectivity index (χ3n) is 5.01. The molecule has 0 bridgehead atoms. The molecule has 4 N–H and O–H groups in total. The molecule has 1 aromatic carbocycles. The molecule has 0 spiro atoms. The molecule has 0 atom stereocenters. The number of carbonyl (C=O) groups excluding carboxylic acids is 1. The second kappa shape index (κ2) is 11.2. The summed E-state index contributed by atoms with van der Waals surface area (Å²) in [6.45, 7) is 3.98. The van der Waals surface area contributed by atoms with Crippen LogP contribution in [0.1, 0.15) is 10.5 Å². The number of ether oxygens (including phenoxy) is 2. The molecule has 33 heavy (non-hydrogen) atoms. The number of amides is 1. The second-order valence-electron chi connectivity index (χ2n) is 7.20. The molecule has 1 saturated heterocycles. The van der Waals surface area contributed by atoms with Crippen LogP contribution in [0.25, 0.3) is 11.3 Å². The molecule has 1 amide bonds. The van der Waals surface area contributed by atoms with Crippen LogP contribution in [0.2, 0.25) is 0 Å². The van der Waals surface area contributed by atoms with Crippen molar-refractivity contribution in [2.24, 2.45) is 0 Å². The number of nitrogen functional groups attached to an aromatic ring is 1. The molecule has 1 aliphatic heterocycles. The first-order valence-electron chi connectivity index (χ1n) is 10.4.